The summed E-state index contributed by atoms with van der Waals surface area (Å²) < 4.78 is 5.05. The minimum Gasteiger partial charge on any atom is -0.481 e. The molecule has 0 amide bonds. The van der Waals surface area contributed by atoms with Crippen LogP contribution in [0.4, 0.5) is 0 Å². The third-order valence-electron chi connectivity index (χ3n) is 3.75. The highest BCUT2D eigenvalue weighted by Gasteiger charge is 2.46. The van der Waals surface area contributed by atoms with Crippen LogP contribution in [0.5, 0.6) is 0 Å². The second-order valence-corrected chi connectivity index (χ2v) is 5.66. The molecule has 0 heterocycles. The van der Waals surface area contributed by atoms with Crippen molar-refractivity contribution < 1.29 is 19.4 Å². The van der Waals surface area contributed by atoms with E-state index < -0.39 is 23.3 Å². The Morgan fingerprint density at radius 1 is 1.29 bits per heavy atom. The summed E-state index contributed by atoms with van der Waals surface area (Å²) in [6.07, 6.45) is 0. The molecule has 0 aliphatic carbocycles. The van der Waals surface area contributed by atoms with Gasteiger partial charge in [-0.15, -0.1) is 0 Å². The van der Waals surface area contributed by atoms with Crippen LogP contribution in [0.1, 0.15) is 32.3 Å². The highest BCUT2D eigenvalue weighted by Crippen LogP contribution is 2.39. The minimum atomic E-state index is -1.14. The number of nitrogens with two attached hydrogens (primary N) is 1. The van der Waals surface area contributed by atoms with Gasteiger partial charge >= 0.3 is 11.9 Å². The lowest BCUT2D eigenvalue weighted by molar-refractivity contribution is -0.165. The van der Waals surface area contributed by atoms with Gasteiger partial charge in [-0.05, 0) is 25.3 Å². The van der Waals surface area contributed by atoms with E-state index in [4.69, 9.17) is 10.5 Å². The number of esters is 1. The summed E-state index contributed by atoms with van der Waals surface area (Å²) in [5.74, 6) is -2.75. The number of rotatable bonds is 7. The molecule has 1 aromatic carbocycles. The Morgan fingerprint density at radius 3 is 2.33 bits per heavy atom. The van der Waals surface area contributed by atoms with Crippen molar-refractivity contribution in [3.63, 3.8) is 0 Å². The monoisotopic (exact) mass is 293 g/mol. The van der Waals surface area contributed by atoms with Crippen molar-refractivity contribution in [1.29, 1.82) is 0 Å². The van der Waals surface area contributed by atoms with Crippen LogP contribution in [-0.4, -0.2) is 30.2 Å². The molecule has 0 saturated carbocycles. The van der Waals surface area contributed by atoms with Crippen molar-refractivity contribution in [1.82, 2.24) is 0 Å². The average Bonchev–Trinajstić information content (AvgIpc) is 2.44. The van der Waals surface area contributed by atoms with Gasteiger partial charge in [-0.3, -0.25) is 9.59 Å². The molecule has 1 rings (SSSR count). The van der Waals surface area contributed by atoms with Crippen LogP contribution < -0.4 is 5.73 Å². The highest BCUT2D eigenvalue weighted by molar-refractivity contribution is 5.84. The van der Waals surface area contributed by atoms with Gasteiger partial charge in [0.25, 0.3) is 0 Å². The van der Waals surface area contributed by atoms with Crippen molar-refractivity contribution in [2.75, 3.05) is 13.2 Å². The van der Waals surface area contributed by atoms with E-state index in [0.717, 1.165) is 5.56 Å². The van der Waals surface area contributed by atoms with Gasteiger partial charge in [0.1, 0.15) is 6.61 Å². The van der Waals surface area contributed by atoms with E-state index >= 15 is 0 Å². The molecule has 5 heteroatoms. The van der Waals surface area contributed by atoms with E-state index in [1.807, 2.05) is 37.3 Å². The molecule has 0 bridgehead atoms. The van der Waals surface area contributed by atoms with Crippen LogP contribution in [0.25, 0.3) is 0 Å². The molecule has 0 fully saturated rings. The molecule has 5 nitrogen and oxygen atoms in total. The summed E-state index contributed by atoms with van der Waals surface area (Å²) in [6, 6.07) is 9.30. The fourth-order valence-electron chi connectivity index (χ4n) is 2.56. The third kappa shape index (κ3) is 4.04. The number of ether oxygens (including phenoxy) is 1. The molecule has 2 atom stereocenters. The first-order valence-corrected chi connectivity index (χ1v) is 6.97. The van der Waals surface area contributed by atoms with E-state index in [2.05, 4.69) is 0 Å². The average molecular weight is 293 g/mol. The van der Waals surface area contributed by atoms with Crippen molar-refractivity contribution in [2.45, 2.75) is 26.7 Å². The lowest BCUT2D eigenvalue weighted by Gasteiger charge is -2.33. The molecule has 0 saturated heterocycles. The Bertz CT molecular complexity index is 484. The largest absolute Gasteiger partial charge is 0.481 e. The molecule has 0 spiro atoms. The van der Waals surface area contributed by atoms with Crippen molar-refractivity contribution >= 4 is 11.9 Å². The van der Waals surface area contributed by atoms with E-state index in [0.29, 0.717) is 0 Å². The topological polar surface area (TPSA) is 89.6 Å². The molecular formula is C16H23NO4. The lowest BCUT2D eigenvalue weighted by Crippen LogP contribution is -2.42. The molecule has 3 N–H and O–H groups in total. The van der Waals surface area contributed by atoms with Crippen LogP contribution in [0.15, 0.2) is 30.3 Å². The molecule has 0 aromatic heterocycles. The fourth-order valence-corrected chi connectivity index (χ4v) is 2.56. The molecule has 0 aliphatic rings. The van der Waals surface area contributed by atoms with E-state index in [1.54, 1.807) is 13.8 Å². The molecular weight excluding hydrogens is 270 g/mol. The van der Waals surface area contributed by atoms with E-state index in [1.165, 1.54) is 0 Å². The maximum atomic E-state index is 12.2. The molecule has 0 aliphatic heterocycles. The number of hydrogen-bond donors (Lipinski definition) is 2. The number of carbonyl (C=O) groups is 2. The van der Waals surface area contributed by atoms with Gasteiger partial charge in [0.15, 0.2) is 0 Å². The van der Waals surface area contributed by atoms with Gasteiger partial charge in [-0.2, -0.15) is 0 Å². The van der Waals surface area contributed by atoms with Gasteiger partial charge in [0, 0.05) is 6.54 Å². The molecule has 1 aromatic rings. The summed E-state index contributed by atoms with van der Waals surface area (Å²) in [6.45, 7) is 5.32. The quantitative estimate of drug-likeness (QED) is 0.751. The normalized spacial score (nSPS) is 14.3. The van der Waals surface area contributed by atoms with E-state index in [9.17, 15) is 14.7 Å². The summed E-state index contributed by atoms with van der Waals surface area (Å²) in [5.41, 5.74) is 5.05. The van der Waals surface area contributed by atoms with Crippen molar-refractivity contribution in [3.05, 3.63) is 35.9 Å². The van der Waals surface area contributed by atoms with Crippen molar-refractivity contribution in [3.8, 4) is 0 Å². The Kier molecular flexibility index (Phi) is 5.90. The SMILES string of the molecule is CC(c1ccccc1)C(C(=O)O)C(C)(C)C(=O)OCCN. The summed E-state index contributed by atoms with van der Waals surface area (Å²) in [4.78, 5) is 23.9. The molecule has 21 heavy (non-hydrogen) atoms. The highest BCUT2D eigenvalue weighted by atomic mass is 16.5. The molecule has 116 valence electrons. The van der Waals surface area contributed by atoms with Gasteiger partial charge in [0.05, 0.1) is 11.3 Å². The number of hydrogen-bond acceptors (Lipinski definition) is 4. The zero-order valence-corrected chi connectivity index (χ0v) is 12.7. The van der Waals surface area contributed by atoms with Crippen LogP contribution in [0, 0.1) is 11.3 Å². The second-order valence-electron chi connectivity index (χ2n) is 5.66. The maximum absolute atomic E-state index is 12.2. The van der Waals surface area contributed by atoms with Crippen LogP contribution in [-0.2, 0) is 14.3 Å². The van der Waals surface area contributed by atoms with Gasteiger partial charge in [0.2, 0.25) is 0 Å². The smallest absolute Gasteiger partial charge is 0.312 e. The first-order valence-electron chi connectivity index (χ1n) is 6.97. The predicted molar refractivity (Wildman–Crippen MR) is 79.8 cm³/mol. The first kappa shape index (κ1) is 17.2. The first-order chi connectivity index (χ1) is 9.82. The van der Waals surface area contributed by atoms with Crippen LogP contribution in [0.3, 0.4) is 0 Å². The van der Waals surface area contributed by atoms with Gasteiger partial charge in [-0.25, -0.2) is 0 Å². The maximum Gasteiger partial charge on any atom is 0.312 e. The zero-order chi connectivity index (χ0) is 16.0. The number of carbonyl (C=O) groups excluding carboxylic acids is 1. The Hall–Kier alpha value is -1.88. The number of carboxylic acids is 1. The van der Waals surface area contributed by atoms with Crippen molar-refractivity contribution in [2.24, 2.45) is 17.1 Å². The summed E-state index contributed by atoms with van der Waals surface area (Å²) in [7, 11) is 0. The Labute approximate surface area is 125 Å². The van der Waals surface area contributed by atoms with Gasteiger partial charge in [-0.1, -0.05) is 37.3 Å². The Balaban J connectivity index is 3.05. The summed E-state index contributed by atoms with van der Waals surface area (Å²) >= 11 is 0. The minimum absolute atomic E-state index is 0.0916. The molecule has 2 unspecified atom stereocenters. The Morgan fingerprint density at radius 2 is 1.86 bits per heavy atom. The standard InChI is InChI=1S/C16H23NO4/c1-11(12-7-5-4-6-8-12)13(14(18)19)16(2,3)15(20)21-10-9-17/h4-8,11,13H,9-10,17H2,1-3H3,(H,18,19). The number of aliphatic carboxylic acids is 1. The van der Waals surface area contributed by atoms with Crippen LogP contribution in [0.2, 0.25) is 0 Å². The fraction of sp³-hybridized carbons (Fsp3) is 0.500. The van der Waals surface area contributed by atoms with Crippen LogP contribution >= 0.6 is 0 Å². The number of benzene rings is 1. The van der Waals surface area contributed by atoms with Gasteiger partial charge < -0.3 is 15.6 Å². The summed E-state index contributed by atoms with van der Waals surface area (Å²) in [5, 5.41) is 9.58. The third-order valence-corrected chi connectivity index (χ3v) is 3.75. The lowest BCUT2D eigenvalue weighted by atomic mass is 9.70. The zero-order valence-electron chi connectivity index (χ0n) is 12.7. The second kappa shape index (κ2) is 7.22. The number of carboxylic acid groups (broad SMARTS) is 1. The van der Waals surface area contributed by atoms with E-state index in [-0.39, 0.29) is 19.1 Å². The molecule has 0 radical (unpaired) electrons. The predicted octanol–water partition coefficient (Wildman–Crippen LogP) is 2.02.